The Morgan fingerprint density at radius 2 is 2.12 bits per heavy atom. The van der Waals surface area contributed by atoms with Gasteiger partial charge in [0.15, 0.2) is 0 Å². The van der Waals surface area contributed by atoms with Crippen LogP contribution < -0.4 is 0 Å². The number of ether oxygens (including phenoxy) is 1. The van der Waals surface area contributed by atoms with E-state index in [1.165, 1.54) is 0 Å². The molecule has 1 aromatic heterocycles. The van der Waals surface area contributed by atoms with Gasteiger partial charge in [-0.3, -0.25) is 4.84 Å². The molecule has 1 saturated heterocycles. The molecule has 1 aromatic rings. The van der Waals surface area contributed by atoms with E-state index in [1.54, 1.807) is 13.3 Å². The second-order valence-electron chi connectivity index (χ2n) is 6.53. The van der Waals surface area contributed by atoms with Gasteiger partial charge in [-0.15, -0.1) is 0 Å². The highest BCUT2D eigenvalue weighted by Crippen LogP contribution is 2.30. The highest BCUT2D eigenvalue weighted by molar-refractivity contribution is 7.91. The molecule has 0 bridgehead atoms. The summed E-state index contributed by atoms with van der Waals surface area (Å²) in [5.41, 5.74) is 0.893. The molecule has 1 saturated carbocycles. The molecular formula is C16H27N3O4S. The molecule has 24 heavy (non-hydrogen) atoms. The van der Waals surface area contributed by atoms with E-state index >= 15 is 0 Å². The Morgan fingerprint density at radius 3 is 2.79 bits per heavy atom. The molecule has 2 fully saturated rings. The number of nitrogens with zero attached hydrogens (tertiary/aromatic N) is 3. The summed E-state index contributed by atoms with van der Waals surface area (Å²) < 4.78 is 32.9. The van der Waals surface area contributed by atoms with Crippen LogP contribution in [-0.2, 0) is 32.5 Å². The number of imidazole rings is 1. The van der Waals surface area contributed by atoms with Crippen LogP contribution >= 0.6 is 0 Å². The molecule has 8 heteroatoms. The summed E-state index contributed by atoms with van der Waals surface area (Å²) in [4.78, 5) is 9.86. The number of hydrogen-bond acceptors (Lipinski definition) is 6. The van der Waals surface area contributed by atoms with Crippen LogP contribution in [0.5, 0.6) is 0 Å². The fourth-order valence-electron chi connectivity index (χ4n) is 3.50. The second-order valence-corrected chi connectivity index (χ2v) is 8.65. The van der Waals surface area contributed by atoms with Gasteiger partial charge in [-0.25, -0.2) is 13.4 Å². The van der Waals surface area contributed by atoms with Gasteiger partial charge in [0.1, 0.15) is 0 Å². The molecule has 0 amide bonds. The van der Waals surface area contributed by atoms with E-state index in [2.05, 4.69) is 4.98 Å². The fourth-order valence-corrected chi connectivity index (χ4v) is 5.47. The first-order chi connectivity index (χ1) is 11.6. The zero-order valence-corrected chi connectivity index (χ0v) is 15.1. The largest absolute Gasteiger partial charge is 0.385 e. The van der Waals surface area contributed by atoms with Crippen LogP contribution in [0.15, 0.2) is 11.4 Å². The highest BCUT2D eigenvalue weighted by Gasteiger charge is 2.34. The number of hydrogen-bond donors (Lipinski definition) is 0. The van der Waals surface area contributed by atoms with Crippen LogP contribution in [0.1, 0.15) is 44.2 Å². The zero-order valence-electron chi connectivity index (χ0n) is 14.3. The SMILES string of the molecule is COCCCn1c(CN2CCCO2)cnc1S(=O)(=O)C1CCCC1. The number of sulfone groups is 1. The van der Waals surface area contributed by atoms with Gasteiger partial charge in [0.05, 0.1) is 30.3 Å². The predicted molar refractivity (Wildman–Crippen MR) is 89.1 cm³/mol. The molecule has 0 unspecified atom stereocenters. The van der Waals surface area contributed by atoms with Crippen LogP contribution in [-0.4, -0.2) is 55.2 Å². The Balaban J connectivity index is 1.85. The molecule has 2 aliphatic rings. The van der Waals surface area contributed by atoms with Crippen molar-refractivity contribution in [3.8, 4) is 0 Å². The first-order valence-corrected chi connectivity index (χ1v) is 10.3. The summed E-state index contributed by atoms with van der Waals surface area (Å²) in [6.07, 6.45) is 6.93. The minimum Gasteiger partial charge on any atom is -0.385 e. The van der Waals surface area contributed by atoms with Gasteiger partial charge in [-0.1, -0.05) is 12.8 Å². The van der Waals surface area contributed by atoms with Gasteiger partial charge in [0.25, 0.3) is 0 Å². The standard InChI is InChI=1S/C16H27N3O4S/c1-22-10-5-9-19-14(13-18-8-4-11-23-18)12-17-16(19)24(20,21)15-6-2-3-7-15/h12,15H,2-11,13H2,1H3. The Labute approximate surface area is 143 Å². The molecule has 0 radical (unpaired) electrons. The average Bonchev–Trinajstić information content (AvgIpc) is 3.30. The van der Waals surface area contributed by atoms with Crippen molar-refractivity contribution in [2.45, 2.75) is 62.0 Å². The highest BCUT2D eigenvalue weighted by atomic mass is 32.2. The maximum absolute atomic E-state index is 13.0. The molecule has 1 aliphatic carbocycles. The van der Waals surface area contributed by atoms with Crippen LogP contribution in [0.2, 0.25) is 0 Å². The summed E-state index contributed by atoms with van der Waals surface area (Å²) in [6.45, 7) is 3.36. The molecular weight excluding hydrogens is 330 g/mol. The van der Waals surface area contributed by atoms with Crippen molar-refractivity contribution in [3.05, 3.63) is 11.9 Å². The Morgan fingerprint density at radius 1 is 1.33 bits per heavy atom. The maximum atomic E-state index is 13.0. The minimum absolute atomic E-state index is 0.222. The lowest BCUT2D eigenvalue weighted by Gasteiger charge is -2.18. The number of rotatable bonds is 8. The molecule has 0 aromatic carbocycles. The molecule has 0 N–H and O–H groups in total. The quantitative estimate of drug-likeness (QED) is 0.660. The van der Waals surface area contributed by atoms with E-state index in [9.17, 15) is 8.42 Å². The van der Waals surface area contributed by atoms with Crippen molar-refractivity contribution in [1.82, 2.24) is 14.6 Å². The third kappa shape index (κ3) is 3.82. The third-order valence-corrected chi connectivity index (χ3v) is 6.98. The summed E-state index contributed by atoms with van der Waals surface area (Å²) in [7, 11) is -1.71. The van der Waals surface area contributed by atoms with Crippen molar-refractivity contribution in [2.75, 3.05) is 26.9 Å². The Kier molecular flexibility index (Phi) is 5.91. The monoisotopic (exact) mass is 357 g/mol. The van der Waals surface area contributed by atoms with Gasteiger partial charge >= 0.3 is 0 Å². The summed E-state index contributed by atoms with van der Waals surface area (Å²) in [5.74, 6) is 0. The van der Waals surface area contributed by atoms with E-state index in [-0.39, 0.29) is 10.4 Å². The van der Waals surface area contributed by atoms with E-state index in [4.69, 9.17) is 9.57 Å². The van der Waals surface area contributed by atoms with Crippen LogP contribution in [0.3, 0.4) is 0 Å². The van der Waals surface area contributed by atoms with E-state index in [0.29, 0.717) is 19.7 Å². The lowest BCUT2D eigenvalue weighted by Crippen LogP contribution is -2.25. The van der Waals surface area contributed by atoms with Crippen LogP contribution in [0.4, 0.5) is 0 Å². The van der Waals surface area contributed by atoms with Gasteiger partial charge in [-0.05, 0) is 25.7 Å². The molecule has 0 spiro atoms. The number of aromatic nitrogens is 2. The van der Waals surface area contributed by atoms with Gasteiger partial charge in [-0.2, -0.15) is 5.06 Å². The normalized spacial score (nSPS) is 20.2. The van der Waals surface area contributed by atoms with Gasteiger partial charge in [0.2, 0.25) is 15.0 Å². The van der Waals surface area contributed by atoms with Crippen molar-refractivity contribution in [2.24, 2.45) is 0 Å². The van der Waals surface area contributed by atoms with Gasteiger partial charge < -0.3 is 9.30 Å². The molecule has 2 heterocycles. The topological polar surface area (TPSA) is 73.7 Å². The smallest absolute Gasteiger partial charge is 0.228 e. The average molecular weight is 357 g/mol. The third-order valence-electron chi connectivity index (χ3n) is 4.79. The fraction of sp³-hybridized carbons (Fsp3) is 0.812. The molecule has 1 aliphatic heterocycles. The molecule has 136 valence electrons. The molecule has 7 nitrogen and oxygen atoms in total. The van der Waals surface area contributed by atoms with Crippen LogP contribution in [0, 0.1) is 0 Å². The molecule has 0 atom stereocenters. The Bertz CT molecular complexity index is 632. The van der Waals surface area contributed by atoms with Crippen molar-refractivity contribution < 1.29 is 18.0 Å². The Hall–Kier alpha value is -0.960. The van der Waals surface area contributed by atoms with Gasteiger partial charge in [0, 0.05) is 26.8 Å². The number of methoxy groups -OCH3 is 1. The molecule has 3 rings (SSSR count). The van der Waals surface area contributed by atoms with Crippen LogP contribution in [0.25, 0.3) is 0 Å². The first kappa shape index (κ1) is 17.8. The zero-order chi connectivity index (χ0) is 17.0. The number of hydroxylamine groups is 2. The minimum atomic E-state index is -3.37. The summed E-state index contributed by atoms with van der Waals surface area (Å²) in [6, 6.07) is 0. The van der Waals surface area contributed by atoms with Crippen molar-refractivity contribution in [1.29, 1.82) is 0 Å². The van der Waals surface area contributed by atoms with Crippen molar-refractivity contribution >= 4 is 9.84 Å². The van der Waals surface area contributed by atoms with Crippen molar-refractivity contribution in [3.63, 3.8) is 0 Å². The predicted octanol–water partition coefficient (Wildman–Crippen LogP) is 1.77. The van der Waals surface area contributed by atoms with E-state index in [1.807, 2.05) is 9.63 Å². The first-order valence-electron chi connectivity index (χ1n) is 8.78. The van der Waals surface area contributed by atoms with E-state index in [0.717, 1.165) is 57.4 Å². The summed E-state index contributed by atoms with van der Waals surface area (Å²) >= 11 is 0. The lowest BCUT2D eigenvalue weighted by molar-refractivity contribution is -0.118. The summed E-state index contributed by atoms with van der Waals surface area (Å²) in [5, 5.41) is 1.83. The maximum Gasteiger partial charge on any atom is 0.228 e. The lowest BCUT2D eigenvalue weighted by atomic mass is 10.4. The van der Waals surface area contributed by atoms with E-state index < -0.39 is 9.84 Å². The second kappa shape index (κ2) is 7.95.